The molecule has 136 valence electrons. The van der Waals surface area contributed by atoms with Crippen molar-refractivity contribution in [1.29, 1.82) is 0 Å². The number of aromatic nitrogens is 3. The summed E-state index contributed by atoms with van der Waals surface area (Å²) in [6, 6.07) is 11.5. The minimum absolute atomic E-state index is 0.0214. The first-order valence-electron chi connectivity index (χ1n) is 8.69. The van der Waals surface area contributed by atoms with E-state index in [-0.39, 0.29) is 12.0 Å². The highest BCUT2D eigenvalue weighted by molar-refractivity contribution is 6.30. The molecule has 1 fully saturated rings. The summed E-state index contributed by atoms with van der Waals surface area (Å²) < 4.78 is 1.71. The first kappa shape index (κ1) is 17.3. The van der Waals surface area contributed by atoms with Gasteiger partial charge in [-0.3, -0.25) is 0 Å². The Labute approximate surface area is 156 Å². The normalized spacial score (nSPS) is 25.7. The highest BCUT2D eigenvalue weighted by Gasteiger charge is 2.39. The number of hydrogen-bond acceptors (Lipinski definition) is 5. The average Bonchev–Trinajstić information content (AvgIpc) is 3.16. The fourth-order valence-electron chi connectivity index (χ4n) is 3.55. The first-order chi connectivity index (χ1) is 12.5. The van der Waals surface area contributed by atoms with Gasteiger partial charge < -0.3 is 15.5 Å². The molecule has 1 saturated carbocycles. The summed E-state index contributed by atoms with van der Waals surface area (Å²) in [5.74, 6) is 0.709. The average molecular weight is 373 g/mol. The van der Waals surface area contributed by atoms with Crippen molar-refractivity contribution in [2.24, 2.45) is 5.92 Å². The summed E-state index contributed by atoms with van der Waals surface area (Å²) in [4.78, 5) is 4.42. The molecule has 7 heteroatoms. The number of fused-ring (bicyclic) bond motifs is 1. The molecule has 1 aliphatic rings. The van der Waals surface area contributed by atoms with Crippen LogP contribution >= 0.6 is 11.6 Å². The number of halogens is 1. The van der Waals surface area contributed by atoms with E-state index in [1.54, 1.807) is 4.52 Å². The predicted molar refractivity (Wildman–Crippen MR) is 101 cm³/mol. The van der Waals surface area contributed by atoms with Crippen LogP contribution in [-0.4, -0.2) is 43.1 Å². The zero-order valence-corrected chi connectivity index (χ0v) is 15.4. The lowest BCUT2D eigenvalue weighted by atomic mass is 10.1. The fraction of sp³-hybridized carbons (Fsp3) is 0.368. The Balaban J connectivity index is 1.78. The number of hydrogen-bond donors (Lipinski definition) is 3. The molecule has 1 aromatic carbocycles. The van der Waals surface area contributed by atoms with Crippen molar-refractivity contribution in [1.82, 2.24) is 14.6 Å². The molecule has 3 aromatic rings. The number of rotatable bonds is 3. The maximum Gasteiger partial charge on any atom is 0.159 e. The molecule has 26 heavy (non-hydrogen) atoms. The van der Waals surface area contributed by atoms with Crippen LogP contribution in [0.1, 0.15) is 18.9 Å². The van der Waals surface area contributed by atoms with Crippen LogP contribution in [0.5, 0.6) is 0 Å². The Morgan fingerprint density at radius 2 is 1.92 bits per heavy atom. The van der Waals surface area contributed by atoms with Crippen molar-refractivity contribution in [3.8, 4) is 11.3 Å². The number of anilines is 1. The molecule has 0 saturated heterocycles. The van der Waals surface area contributed by atoms with Crippen LogP contribution < -0.4 is 5.32 Å². The van der Waals surface area contributed by atoms with Crippen molar-refractivity contribution >= 4 is 23.1 Å². The lowest BCUT2D eigenvalue weighted by Gasteiger charge is -2.21. The predicted octanol–water partition coefficient (Wildman–Crippen LogP) is 2.90. The van der Waals surface area contributed by atoms with E-state index in [4.69, 9.17) is 11.6 Å². The zero-order chi connectivity index (χ0) is 18.4. The third-order valence-corrected chi connectivity index (χ3v) is 5.51. The molecule has 0 spiro atoms. The second kappa shape index (κ2) is 6.54. The summed E-state index contributed by atoms with van der Waals surface area (Å²) in [6.07, 6.45) is -0.913. The molecule has 6 nitrogen and oxygen atoms in total. The fourth-order valence-corrected chi connectivity index (χ4v) is 3.73. The second-order valence-electron chi connectivity index (χ2n) is 6.99. The topological polar surface area (TPSA) is 82.7 Å². The van der Waals surface area contributed by atoms with Crippen LogP contribution in [0.25, 0.3) is 16.9 Å². The lowest BCUT2D eigenvalue weighted by molar-refractivity contribution is 0.0210. The van der Waals surface area contributed by atoms with Gasteiger partial charge in [0.15, 0.2) is 5.65 Å². The van der Waals surface area contributed by atoms with E-state index < -0.39 is 12.2 Å². The van der Waals surface area contributed by atoms with Gasteiger partial charge >= 0.3 is 0 Å². The smallest absolute Gasteiger partial charge is 0.159 e. The molecular weight excluding hydrogens is 352 g/mol. The monoisotopic (exact) mass is 372 g/mol. The number of benzene rings is 1. The van der Waals surface area contributed by atoms with Crippen molar-refractivity contribution in [2.75, 3.05) is 5.32 Å². The number of aliphatic hydroxyl groups excluding tert-OH is 2. The van der Waals surface area contributed by atoms with Gasteiger partial charge in [0.05, 0.1) is 17.8 Å². The highest BCUT2D eigenvalue weighted by Crippen LogP contribution is 2.32. The maximum absolute atomic E-state index is 10.3. The van der Waals surface area contributed by atoms with E-state index in [0.717, 1.165) is 16.8 Å². The molecule has 0 radical (unpaired) electrons. The van der Waals surface area contributed by atoms with Gasteiger partial charge in [0.25, 0.3) is 0 Å². The van der Waals surface area contributed by atoms with E-state index in [9.17, 15) is 10.2 Å². The molecule has 2 heterocycles. The first-order valence-corrected chi connectivity index (χ1v) is 9.07. The minimum atomic E-state index is -0.837. The molecule has 0 bridgehead atoms. The Morgan fingerprint density at radius 1 is 1.19 bits per heavy atom. The summed E-state index contributed by atoms with van der Waals surface area (Å²) in [6.45, 7) is 3.79. The van der Waals surface area contributed by atoms with Gasteiger partial charge in [-0.1, -0.05) is 48.9 Å². The van der Waals surface area contributed by atoms with Gasteiger partial charge in [0.2, 0.25) is 0 Å². The molecule has 0 amide bonds. The molecule has 4 rings (SSSR count). The maximum atomic E-state index is 10.3. The minimum Gasteiger partial charge on any atom is -0.390 e. The molecule has 2 aromatic heterocycles. The van der Waals surface area contributed by atoms with E-state index in [1.165, 1.54) is 0 Å². The number of nitrogens with zero attached hydrogens (tertiary/aromatic N) is 3. The van der Waals surface area contributed by atoms with Gasteiger partial charge in [-0.25, -0.2) is 4.98 Å². The zero-order valence-electron chi connectivity index (χ0n) is 14.6. The van der Waals surface area contributed by atoms with Crippen molar-refractivity contribution in [3.05, 3.63) is 47.1 Å². The lowest BCUT2D eigenvalue weighted by Crippen LogP contribution is -2.35. The Kier molecular flexibility index (Phi) is 4.34. The molecule has 2 unspecified atom stereocenters. The van der Waals surface area contributed by atoms with Crippen molar-refractivity contribution in [3.63, 3.8) is 0 Å². The molecule has 0 aliphatic heterocycles. The second-order valence-corrected chi connectivity index (χ2v) is 7.34. The van der Waals surface area contributed by atoms with Gasteiger partial charge in [-0.2, -0.15) is 9.61 Å². The van der Waals surface area contributed by atoms with Gasteiger partial charge in [0, 0.05) is 17.2 Å². The summed E-state index contributed by atoms with van der Waals surface area (Å²) in [5.41, 5.74) is 3.16. The Hall–Kier alpha value is -2.15. The molecule has 4 atom stereocenters. The van der Waals surface area contributed by atoms with Crippen LogP contribution in [0.15, 0.2) is 36.4 Å². The van der Waals surface area contributed by atoms with E-state index >= 15 is 0 Å². The summed E-state index contributed by atoms with van der Waals surface area (Å²) in [7, 11) is 0. The molecule has 3 N–H and O–H groups in total. The van der Waals surface area contributed by atoms with Gasteiger partial charge in [0.1, 0.15) is 17.1 Å². The number of nitrogens with one attached hydrogen (secondary N) is 1. The van der Waals surface area contributed by atoms with Crippen molar-refractivity contribution in [2.45, 2.75) is 38.5 Å². The third kappa shape index (κ3) is 2.84. The Bertz CT molecular complexity index is 944. The summed E-state index contributed by atoms with van der Waals surface area (Å²) >= 11 is 6.32. The van der Waals surface area contributed by atoms with E-state index in [0.29, 0.717) is 23.0 Å². The number of aliphatic hydroxyl groups is 2. The van der Waals surface area contributed by atoms with Crippen molar-refractivity contribution < 1.29 is 10.2 Å². The van der Waals surface area contributed by atoms with Crippen LogP contribution in [0, 0.1) is 12.8 Å². The van der Waals surface area contributed by atoms with Crippen LogP contribution in [0.4, 0.5) is 5.82 Å². The highest BCUT2D eigenvalue weighted by atomic mass is 35.5. The van der Waals surface area contributed by atoms with Crippen LogP contribution in [0.2, 0.25) is 5.15 Å². The third-order valence-electron chi connectivity index (χ3n) is 5.14. The molecule has 1 aliphatic carbocycles. The summed E-state index contributed by atoms with van der Waals surface area (Å²) in [5, 5.41) is 28.8. The quantitative estimate of drug-likeness (QED) is 0.616. The van der Waals surface area contributed by atoms with E-state index in [2.05, 4.69) is 15.4 Å². The molecular formula is C19H21ClN4O2. The van der Waals surface area contributed by atoms with Gasteiger partial charge in [-0.15, -0.1) is 0 Å². The SMILES string of the molecule is Cc1c(Cl)nc2cc(-c3ccccc3)nn2c1NC1C[C@@H](C)[C@@H](O)C1O. The largest absolute Gasteiger partial charge is 0.390 e. The van der Waals surface area contributed by atoms with E-state index in [1.807, 2.05) is 50.2 Å². The van der Waals surface area contributed by atoms with Crippen LogP contribution in [-0.2, 0) is 0 Å². The van der Waals surface area contributed by atoms with Crippen LogP contribution in [0.3, 0.4) is 0 Å². The standard InChI is InChI=1S/C19H21ClN4O2/c1-10-8-14(17(26)16(10)25)21-19-11(2)18(20)22-15-9-13(23-24(15)19)12-6-4-3-5-7-12/h3-7,9-10,14,16-17,21,25-26H,8H2,1-2H3/t10-,14?,16-,17?/m1/s1. The van der Waals surface area contributed by atoms with Gasteiger partial charge in [-0.05, 0) is 19.3 Å². The Morgan fingerprint density at radius 3 is 2.58 bits per heavy atom.